The fourth-order valence-corrected chi connectivity index (χ4v) is 5.65. The van der Waals surface area contributed by atoms with Crippen LogP contribution in [0.3, 0.4) is 0 Å². The van der Waals surface area contributed by atoms with Crippen molar-refractivity contribution >= 4 is 0 Å². The minimum Gasteiger partial charge on any atom is -0.194 e. The van der Waals surface area contributed by atoms with Gasteiger partial charge >= 0.3 is 0 Å². The lowest BCUT2D eigenvalue weighted by Gasteiger charge is -2.46. The molecule has 3 aromatic carbocycles. The van der Waals surface area contributed by atoms with E-state index in [1.807, 2.05) is 0 Å². The molecule has 4 aromatic rings. The molecule has 2 aliphatic heterocycles. The van der Waals surface area contributed by atoms with Gasteiger partial charge in [0, 0.05) is 23.6 Å². The van der Waals surface area contributed by atoms with Crippen LogP contribution in [0.15, 0.2) is 109 Å². The summed E-state index contributed by atoms with van der Waals surface area (Å²) in [6.45, 7) is 0. The lowest BCUT2D eigenvalue weighted by molar-refractivity contribution is -0.734. The van der Waals surface area contributed by atoms with Crippen molar-refractivity contribution in [2.24, 2.45) is 0 Å². The van der Waals surface area contributed by atoms with Gasteiger partial charge in [0.25, 0.3) is 0 Å². The van der Waals surface area contributed by atoms with Crippen LogP contribution in [0.2, 0.25) is 0 Å². The lowest BCUT2D eigenvalue weighted by atomic mass is 9.58. The Morgan fingerprint density at radius 2 is 1.07 bits per heavy atom. The van der Waals surface area contributed by atoms with Gasteiger partial charge in [-0.15, -0.1) is 0 Å². The van der Waals surface area contributed by atoms with Gasteiger partial charge in [0.15, 0.2) is 17.9 Å². The molecule has 28 heavy (non-hydrogen) atoms. The zero-order valence-corrected chi connectivity index (χ0v) is 15.6. The summed E-state index contributed by atoms with van der Waals surface area (Å²) in [5.41, 5.74) is 7.29. The van der Waals surface area contributed by atoms with Crippen LogP contribution in [-0.4, -0.2) is 0 Å². The monoisotopic (exact) mass is 360 g/mol. The van der Waals surface area contributed by atoms with Crippen LogP contribution in [0.4, 0.5) is 0 Å². The number of hydrogen-bond donors (Lipinski definition) is 0. The largest absolute Gasteiger partial charge is 0.194 e. The Kier molecular flexibility index (Phi) is 3.49. The molecular formula is C27H22N+. The van der Waals surface area contributed by atoms with Crippen LogP contribution in [0.25, 0.3) is 0 Å². The first kappa shape index (κ1) is 15.8. The SMILES string of the molecule is c1ccc(C2C3c4ccccc4C(C2c2ccccc2)[n+]2ccccc23)cc1. The van der Waals surface area contributed by atoms with Gasteiger partial charge in [0.05, 0.1) is 11.8 Å². The second-order valence-corrected chi connectivity index (χ2v) is 7.96. The van der Waals surface area contributed by atoms with Gasteiger partial charge in [-0.1, -0.05) is 91.0 Å². The minimum absolute atomic E-state index is 0.324. The molecule has 1 aliphatic carbocycles. The van der Waals surface area contributed by atoms with Gasteiger partial charge in [0.2, 0.25) is 0 Å². The van der Waals surface area contributed by atoms with Crippen LogP contribution in [0.5, 0.6) is 0 Å². The molecule has 0 saturated carbocycles. The van der Waals surface area contributed by atoms with Crippen molar-refractivity contribution in [1.29, 1.82) is 0 Å². The molecule has 1 heteroatoms. The number of benzene rings is 3. The summed E-state index contributed by atoms with van der Waals surface area (Å²) in [5, 5.41) is 0. The lowest BCUT2D eigenvalue weighted by Crippen LogP contribution is -2.57. The van der Waals surface area contributed by atoms with Crippen molar-refractivity contribution in [3.05, 3.63) is 137 Å². The summed E-state index contributed by atoms with van der Waals surface area (Å²) in [7, 11) is 0. The molecule has 3 heterocycles. The molecule has 4 atom stereocenters. The minimum atomic E-state index is 0.324. The molecule has 4 unspecified atom stereocenters. The highest BCUT2D eigenvalue weighted by Crippen LogP contribution is 2.59. The molecule has 0 fully saturated rings. The molecule has 0 radical (unpaired) electrons. The number of aromatic nitrogens is 1. The van der Waals surface area contributed by atoms with Crippen molar-refractivity contribution in [2.75, 3.05) is 0 Å². The van der Waals surface area contributed by atoms with Gasteiger partial charge in [-0.3, -0.25) is 0 Å². The molecule has 1 aromatic heterocycles. The second-order valence-electron chi connectivity index (χ2n) is 7.96. The predicted octanol–water partition coefficient (Wildman–Crippen LogP) is 5.59. The van der Waals surface area contributed by atoms with Crippen molar-refractivity contribution in [2.45, 2.75) is 23.8 Å². The molecule has 2 bridgehead atoms. The summed E-state index contributed by atoms with van der Waals surface area (Å²) in [6, 6.07) is 38.3. The molecule has 0 amide bonds. The van der Waals surface area contributed by atoms with E-state index in [0.29, 0.717) is 23.8 Å². The van der Waals surface area contributed by atoms with E-state index in [9.17, 15) is 0 Å². The van der Waals surface area contributed by atoms with Gasteiger partial charge in [-0.05, 0) is 16.7 Å². The Morgan fingerprint density at radius 3 is 1.79 bits per heavy atom. The van der Waals surface area contributed by atoms with E-state index in [4.69, 9.17) is 0 Å². The Hall–Kier alpha value is -3.19. The van der Waals surface area contributed by atoms with Crippen molar-refractivity contribution < 1.29 is 4.57 Å². The first-order chi connectivity index (χ1) is 13.9. The molecule has 1 nitrogen and oxygen atoms in total. The standard InChI is InChI=1S/C27H22N/c1-3-11-19(12-4-1)24-25(20-13-5-2-6-14-20)27-22-16-8-7-15-21(22)26(24)23-17-9-10-18-28(23)27/h1-18,24-27H/q+1. The van der Waals surface area contributed by atoms with Crippen molar-refractivity contribution in [3.63, 3.8) is 0 Å². The van der Waals surface area contributed by atoms with E-state index in [0.717, 1.165) is 0 Å². The Balaban J connectivity index is 1.68. The Labute approximate surface area is 165 Å². The fourth-order valence-electron chi connectivity index (χ4n) is 5.65. The van der Waals surface area contributed by atoms with Gasteiger partial charge in [0.1, 0.15) is 0 Å². The predicted molar refractivity (Wildman–Crippen MR) is 111 cm³/mol. The first-order valence-electron chi connectivity index (χ1n) is 10.1. The van der Waals surface area contributed by atoms with Crippen LogP contribution >= 0.6 is 0 Å². The molecule has 3 aliphatic rings. The number of pyridine rings is 1. The second kappa shape index (κ2) is 6.17. The maximum atomic E-state index is 2.53. The third-order valence-corrected chi connectivity index (χ3v) is 6.65. The average molecular weight is 360 g/mol. The summed E-state index contributed by atoms with van der Waals surface area (Å²) in [6.07, 6.45) is 2.28. The number of hydrogen-bond acceptors (Lipinski definition) is 0. The van der Waals surface area contributed by atoms with Crippen LogP contribution in [-0.2, 0) is 0 Å². The Morgan fingerprint density at radius 1 is 0.500 bits per heavy atom. The van der Waals surface area contributed by atoms with Gasteiger partial charge in [-0.25, -0.2) is 0 Å². The molecule has 134 valence electrons. The molecular weight excluding hydrogens is 338 g/mol. The quantitative estimate of drug-likeness (QED) is 0.410. The highest BCUT2D eigenvalue weighted by Gasteiger charge is 2.56. The van der Waals surface area contributed by atoms with Crippen LogP contribution < -0.4 is 4.57 Å². The third-order valence-electron chi connectivity index (χ3n) is 6.65. The highest BCUT2D eigenvalue weighted by molar-refractivity contribution is 5.50. The zero-order chi connectivity index (χ0) is 18.5. The van der Waals surface area contributed by atoms with Crippen LogP contribution in [0, 0.1) is 0 Å². The smallest absolute Gasteiger partial charge is 0.191 e. The molecule has 0 saturated heterocycles. The topological polar surface area (TPSA) is 3.88 Å². The Bertz CT molecular complexity index is 994. The number of rotatable bonds is 2. The average Bonchev–Trinajstić information content (AvgIpc) is 2.79. The molecule has 0 N–H and O–H groups in total. The summed E-state index contributed by atoms with van der Waals surface area (Å²) in [5.74, 6) is 1.23. The van der Waals surface area contributed by atoms with E-state index in [2.05, 4.69) is 114 Å². The van der Waals surface area contributed by atoms with E-state index in [-0.39, 0.29) is 0 Å². The van der Waals surface area contributed by atoms with E-state index >= 15 is 0 Å². The first-order valence-corrected chi connectivity index (χ1v) is 10.1. The summed E-state index contributed by atoms with van der Waals surface area (Å²) < 4.78 is 2.53. The summed E-state index contributed by atoms with van der Waals surface area (Å²) in [4.78, 5) is 0. The van der Waals surface area contributed by atoms with E-state index < -0.39 is 0 Å². The normalized spacial score (nSPS) is 24.4. The summed E-state index contributed by atoms with van der Waals surface area (Å²) >= 11 is 0. The van der Waals surface area contributed by atoms with Gasteiger partial charge < -0.3 is 0 Å². The molecule has 0 spiro atoms. The zero-order valence-electron chi connectivity index (χ0n) is 15.6. The van der Waals surface area contributed by atoms with E-state index in [1.54, 1.807) is 0 Å². The fraction of sp³-hybridized carbons (Fsp3) is 0.148. The van der Waals surface area contributed by atoms with Gasteiger partial charge in [-0.2, -0.15) is 4.57 Å². The number of nitrogens with zero attached hydrogens (tertiary/aromatic N) is 1. The van der Waals surface area contributed by atoms with E-state index in [1.165, 1.54) is 27.9 Å². The number of fused-ring (bicyclic) bond motifs is 1. The maximum Gasteiger partial charge on any atom is 0.191 e. The molecule has 7 rings (SSSR count). The highest BCUT2D eigenvalue weighted by atomic mass is 15.0. The van der Waals surface area contributed by atoms with Crippen LogP contribution in [0.1, 0.15) is 51.7 Å². The maximum absolute atomic E-state index is 2.53. The van der Waals surface area contributed by atoms with Crippen molar-refractivity contribution in [3.8, 4) is 0 Å². The van der Waals surface area contributed by atoms with Crippen molar-refractivity contribution in [1.82, 2.24) is 0 Å². The third kappa shape index (κ3) is 2.16.